The van der Waals surface area contributed by atoms with Crippen LogP contribution in [0.15, 0.2) is 22.7 Å². The summed E-state index contributed by atoms with van der Waals surface area (Å²) in [5.41, 5.74) is 3.85. The molecule has 26 heavy (non-hydrogen) atoms. The maximum atomic E-state index is 12.7. The summed E-state index contributed by atoms with van der Waals surface area (Å²) < 4.78 is 2.52. The molecule has 0 atom stereocenters. The van der Waals surface area contributed by atoms with Crippen LogP contribution in [-0.4, -0.2) is 50.4 Å². The predicted octanol–water partition coefficient (Wildman–Crippen LogP) is 1.67. The van der Waals surface area contributed by atoms with Gasteiger partial charge < -0.3 is 4.90 Å². The molecule has 0 saturated heterocycles. The number of carbonyl (C=O) groups is 3. The van der Waals surface area contributed by atoms with E-state index in [1.165, 1.54) is 5.56 Å². The number of benzene rings is 1. The zero-order valence-corrected chi connectivity index (χ0v) is 16.0. The molecule has 0 unspecified atom stereocenters. The average molecular weight is 417 g/mol. The normalized spacial score (nSPS) is 16.1. The Kier molecular flexibility index (Phi) is 3.95. The van der Waals surface area contributed by atoms with E-state index in [1.54, 1.807) is 27.8 Å². The number of amides is 3. The summed E-state index contributed by atoms with van der Waals surface area (Å²) in [5.74, 6) is -1.07. The van der Waals surface area contributed by atoms with E-state index in [2.05, 4.69) is 21.0 Å². The molecule has 2 aliphatic rings. The number of halogens is 1. The summed E-state index contributed by atoms with van der Waals surface area (Å²) >= 11 is 3.30. The van der Waals surface area contributed by atoms with E-state index < -0.39 is 11.8 Å². The van der Waals surface area contributed by atoms with E-state index >= 15 is 0 Å². The molecule has 0 aliphatic carbocycles. The smallest absolute Gasteiger partial charge is 0.262 e. The maximum Gasteiger partial charge on any atom is 0.262 e. The Balaban J connectivity index is 1.52. The highest BCUT2D eigenvalue weighted by Crippen LogP contribution is 2.27. The second kappa shape index (κ2) is 6.05. The predicted molar refractivity (Wildman–Crippen MR) is 96.6 cm³/mol. The monoisotopic (exact) mass is 416 g/mol. The molecule has 2 aliphatic heterocycles. The first-order chi connectivity index (χ1) is 12.4. The lowest BCUT2D eigenvalue weighted by Gasteiger charge is -2.29. The van der Waals surface area contributed by atoms with Crippen molar-refractivity contribution in [1.82, 2.24) is 19.6 Å². The summed E-state index contributed by atoms with van der Waals surface area (Å²) in [6.07, 6.45) is 0.732. The van der Waals surface area contributed by atoms with Crippen LogP contribution in [0.5, 0.6) is 0 Å². The zero-order valence-electron chi connectivity index (χ0n) is 14.5. The quantitative estimate of drug-likeness (QED) is 0.697. The van der Waals surface area contributed by atoms with Crippen LogP contribution >= 0.6 is 15.9 Å². The molecular formula is C18H17BrN4O3. The molecule has 0 saturated carbocycles. The lowest BCUT2D eigenvalue weighted by atomic mass is 10.0. The SMILES string of the molecule is Cc1nn(C)c2c1CCN(C(=O)CN1C(=O)c3ccc(Br)cc3C1=O)C2. The molecule has 0 radical (unpaired) electrons. The van der Waals surface area contributed by atoms with Gasteiger partial charge in [0.15, 0.2) is 0 Å². The van der Waals surface area contributed by atoms with Gasteiger partial charge in [0.2, 0.25) is 5.91 Å². The van der Waals surface area contributed by atoms with Crippen LogP contribution in [0.2, 0.25) is 0 Å². The molecule has 0 bridgehead atoms. The summed E-state index contributed by atoms with van der Waals surface area (Å²) in [5, 5.41) is 4.40. The largest absolute Gasteiger partial charge is 0.335 e. The van der Waals surface area contributed by atoms with Crippen molar-refractivity contribution in [3.63, 3.8) is 0 Å². The molecule has 8 heteroatoms. The van der Waals surface area contributed by atoms with E-state index in [-0.39, 0.29) is 12.5 Å². The summed E-state index contributed by atoms with van der Waals surface area (Å²) in [6, 6.07) is 4.94. The number of rotatable bonds is 2. The van der Waals surface area contributed by atoms with Crippen molar-refractivity contribution < 1.29 is 14.4 Å². The molecule has 4 rings (SSSR count). The van der Waals surface area contributed by atoms with E-state index in [0.717, 1.165) is 27.2 Å². The Morgan fingerprint density at radius 3 is 2.73 bits per heavy atom. The van der Waals surface area contributed by atoms with Crippen molar-refractivity contribution in [2.45, 2.75) is 19.9 Å². The first kappa shape index (κ1) is 17.0. The van der Waals surface area contributed by atoms with Crippen LogP contribution in [0, 0.1) is 6.92 Å². The van der Waals surface area contributed by atoms with Crippen LogP contribution in [0.25, 0.3) is 0 Å². The van der Waals surface area contributed by atoms with Crippen molar-refractivity contribution in [1.29, 1.82) is 0 Å². The fraction of sp³-hybridized carbons (Fsp3) is 0.333. The summed E-state index contributed by atoms with van der Waals surface area (Å²) in [6.45, 7) is 2.73. The third kappa shape index (κ3) is 2.56. The molecular weight excluding hydrogens is 400 g/mol. The van der Waals surface area contributed by atoms with Gasteiger partial charge >= 0.3 is 0 Å². The van der Waals surface area contributed by atoms with Gasteiger partial charge in [0.05, 0.1) is 29.1 Å². The minimum absolute atomic E-state index is 0.233. The van der Waals surface area contributed by atoms with Crippen molar-refractivity contribution >= 4 is 33.7 Å². The first-order valence-electron chi connectivity index (χ1n) is 8.31. The van der Waals surface area contributed by atoms with Crippen molar-refractivity contribution in [3.8, 4) is 0 Å². The highest BCUT2D eigenvalue weighted by atomic mass is 79.9. The molecule has 1 aromatic carbocycles. The van der Waals surface area contributed by atoms with E-state index in [4.69, 9.17) is 0 Å². The number of imide groups is 1. The number of aryl methyl sites for hydroxylation is 2. The number of hydrogen-bond donors (Lipinski definition) is 0. The number of nitrogens with zero attached hydrogens (tertiary/aromatic N) is 4. The Labute approximate surface area is 158 Å². The van der Waals surface area contributed by atoms with E-state index in [9.17, 15) is 14.4 Å². The second-order valence-electron chi connectivity index (χ2n) is 6.59. The van der Waals surface area contributed by atoms with Gasteiger partial charge in [-0.2, -0.15) is 5.10 Å². The Morgan fingerprint density at radius 1 is 1.23 bits per heavy atom. The van der Waals surface area contributed by atoms with Gasteiger partial charge in [-0.25, -0.2) is 0 Å². The fourth-order valence-electron chi connectivity index (χ4n) is 3.63. The number of fused-ring (bicyclic) bond motifs is 2. The third-order valence-electron chi connectivity index (χ3n) is 5.03. The molecule has 3 heterocycles. The van der Waals surface area contributed by atoms with Gasteiger partial charge in [0.1, 0.15) is 6.54 Å². The molecule has 7 nitrogen and oxygen atoms in total. The fourth-order valence-corrected chi connectivity index (χ4v) is 4.00. The van der Waals surface area contributed by atoms with Crippen LogP contribution in [0.4, 0.5) is 0 Å². The first-order valence-corrected chi connectivity index (χ1v) is 9.11. The molecule has 0 spiro atoms. The molecule has 134 valence electrons. The minimum atomic E-state index is -0.422. The molecule has 3 amide bonds. The van der Waals surface area contributed by atoms with Crippen LogP contribution < -0.4 is 0 Å². The summed E-state index contributed by atoms with van der Waals surface area (Å²) in [7, 11) is 1.86. The van der Waals surface area contributed by atoms with Gasteiger partial charge in [0, 0.05) is 18.1 Å². The van der Waals surface area contributed by atoms with E-state index in [0.29, 0.717) is 24.2 Å². The van der Waals surface area contributed by atoms with Gasteiger partial charge in [0.25, 0.3) is 11.8 Å². The van der Waals surface area contributed by atoms with Crippen molar-refractivity contribution in [2.24, 2.45) is 7.05 Å². The van der Waals surface area contributed by atoms with Crippen LogP contribution in [0.3, 0.4) is 0 Å². The van der Waals surface area contributed by atoms with Crippen LogP contribution in [0.1, 0.15) is 37.7 Å². The Morgan fingerprint density at radius 2 is 1.96 bits per heavy atom. The highest BCUT2D eigenvalue weighted by molar-refractivity contribution is 9.10. The topological polar surface area (TPSA) is 75.5 Å². The zero-order chi connectivity index (χ0) is 18.6. The Bertz CT molecular complexity index is 966. The average Bonchev–Trinajstić information content (AvgIpc) is 3.03. The molecule has 0 fully saturated rings. The summed E-state index contributed by atoms with van der Waals surface area (Å²) in [4.78, 5) is 40.5. The lowest BCUT2D eigenvalue weighted by molar-refractivity contribution is -0.132. The maximum absolute atomic E-state index is 12.7. The van der Waals surface area contributed by atoms with Crippen molar-refractivity contribution in [2.75, 3.05) is 13.1 Å². The van der Waals surface area contributed by atoms with Gasteiger partial charge in [-0.15, -0.1) is 0 Å². The molecule has 0 N–H and O–H groups in total. The standard InChI is InChI=1S/C18H17BrN4O3/c1-10-12-5-6-22(8-15(12)21(2)20-10)16(24)9-23-17(25)13-4-3-11(19)7-14(13)18(23)26/h3-4,7H,5-6,8-9H2,1-2H3. The minimum Gasteiger partial charge on any atom is -0.335 e. The van der Waals surface area contributed by atoms with Gasteiger partial charge in [-0.05, 0) is 37.1 Å². The van der Waals surface area contributed by atoms with Crippen LogP contribution in [-0.2, 0) is 24.8 Å². The van der Waals surface area contributed by atoms with Crippen molar-refractivity contribution in [3.05, 3.63) is 50.8 Å². The highest BCUT2D eigenvalue weighted by Gasteiger charge is 2.38. The van der Waals surface area contributed by atoms with E-state index in [1.807, 2.05) is 14.0 Å². The second-order valence-corrected chi connectivity index (χ2v) is 7.50. The lowest BCUT2D eigenvalue weighted by Crippen LogP contribution is -2.44. The van der Waals surface area contributed by atoms with Gasteiger partial charge in [-0.3, -0.25) is 24.0 Å². The number of hydrogen-bond acceptors (Lipinski definition) is 4. The molecule has 2 aromatic rings. The molecule has 1 aromatic heterocycles. The Hall–Kier alpha value is -2.48. The number of aromatic nitrogens is 2. The third-order valence-corrected chi connectivity index (χ3v) is 5.52. The number of carbonyl (C=O) groups excluding carboxylic acids is 3. The van der Waals surface area contributed by atoms with Gasteiger partial charge in [-0.1, -0.05) is 15.9 Å².